The first-order chi connectivity index (χ1) is 13.8. The molecule has 1 saturated heterocycles. The zero-order valence-corrected chi connectivity index (χ0v) is 15.9. The van der Waals surface area contributed by atoms with Crippen molar-refractivity contribution in [2.45, 2.75) is 25.3 Å². The van der Waals surface area contributed by atoms with Crippen LogP contribution in [0.5, 0.6) is 5.88 Å². The van der Waals surface area contributed by atoms with Gasteiger partial charge in [0.2, 0.25) is 5.88 Å². The van der Waals surface area contributed by atoms with Gasteiger partial charge in [-0.3, -0.25) is 9.78 Å². The fraction of sp³-hybridized carbons (Fsp3) is 0.261. The molecule has 0 spiro atoms. The molecule has 1 aliphatic heterocycles. The number of carbonyl (C=O) groups excluding carboxylic acids is 1. The van der Waals surface area contributed by atoms with Crippen molar-refractivity contribution >= 4 is 5.91 Å². The van der Waals surface area contributed by atoms with Crippen LogP contribution in [0.2, 0.25) is 0 Å². The van der Waals surface area contributed by atoms with Gasteiger partial charge in [0.05, 0.1) is 18.8 Å². The van der Waals surface area contributed by atoms with Crippen LogP contribution in [0.4, 0.5) is 0 Å². The van der Waals surface area contributed by atoms with E-state index in [-0.39, 0.29) is 11.9 Å². The van der Waals surface area contributed by atoms with Gasteiger partial charge in [0.15, 0.2) is 0 Å². The van der Waals surface area contributed by atoms with Gasteiger partial charge in [-0.2, -0.15) is 0 Å². The van der Waals surface area contributed by atoms with Gasteiger partial charge >= 0.3 is 0 Å². The van der Waals surface area contributed by atoms with E-state index < -0.39 is 0 Å². The van der Waals surface area contributed by atoms with Crippen LogP contribution >= 0.6 is 0 Å². The summed E-state index contributed by atoms with van der Waals surface area (Å²) in [5.41, 5.74) is 3.58. The van der Waals surface area contributed by atoms with Crippen LogP contribution in [-0.4, -0.2) is 34.4 Å². The van der Waals surface area contributed by atoms with Crippen molar-refractivity contribution in [1.82, 2.24) is 14.9 Å². The second-order valence-electron chi connectivity index (χ2n) is 6.94. The molecule has 1 amide bonds. The number of aromatic nitrogens is 2. The molecule has 5 nitrogen and oxygen atoms in total. The largest absolute Gasteiger partial charge is 0.481 e. The van der Waals surface area contributed by atoms with Crippen LogP contribution in [0, 0.1) is 0 Å². The maximum atomic E-state index is 13.2. The molecule has 0 saturated carbocycles. The first-order valence-electron chi connectivity index (χ1n) is 9.58. The van der Waals surface area contributed by atoms with Gasteiger partial charge in [0.1, 0.15) is 0 Å². The Morgan fingerprint density at radius 1 is 1.07 bits per heavy atom. The summed E-state index contributed by atoms with van der Waals surface area (Å²) in [7, 11) is 1.60. The smallest absolute Gasteiger partial charge is 0.254 e. The number of piperidine rings is 1. The highest BCUT2D eigenvalue weighted by Crippen LogP contribution is 2.32. The van der Waals surface area contributed by atoms with E-state index in [1.54, 1.807) is 13.3 Å². The molecular weight excluding hydrogens is 350 g/mol. The molecule has 3 aromatic rings. The third kappa shape index (κ3) is 3.74. The van der Waals surface area contributed by atoms with E-state index >= 15 is 0 Å². The highest BCUT2D eigenvalue weighted by atomic mass is 16.5. The minimum absolute atomic E-state index is 0.0682. The van der Waals surface area contributed by atoms with E-state index in [0.717, 1.165) is 42.6 Å². The van der Waals surface area contributed by atoms with Crippen LogP contribution in [0.1, 0.15) is 41.2 Å². The Kier molecular flexibility index (Phi) is 5.33. The minimum atomic E-state index is 0.0682. The van der Waals surface area contributed by atoms with Gasteiger partial charge in [-0.15, -0.1) is 0 Å². The van der Waals surface area contributed by atoms with Crippen LogP contribution in [0.25, 0.3) is 11.3 Å². The summed E-state index contributed by atoms with van der Waals surface area (Å²) in [4.78, 5) is 23.9. The molecule has 3 heterocycles. The zero-order valence-electron chi connectivity index (χ0n) is 15.9. The lowest BCUT2D eigenvalue weighted by Gasteiger charge is -2.36. The van der Waals surface area contributed by atoms with Crippen molar-refractivity contribution in [2.24, 2.45) is 0 Å². The third-order valence-electron chi connectivity index (χ3n) is 5.19. The summed E-state index contributed by atoms with van der Waals surface area (Å²) in [6.45, 7) is 0.775. The molecule has 0 unspecified atom stereocenters. The molecule has 4 rings (SSSR count). The van der Waals surface area contributed by atoms with E-state index in [4.69, 9.17) is 4.74 Å². The summed E-state index contributed by atoms with van der Waals surface area (Å²) in [6, 6.07) is 17.4. The molecule has 1 atom stereocenters. The Labute approximate surface area is 165 Å². The topological polar surface area (TPSA) is 55.3 Å². The molecule has 142 valence electrons. The summed E-state index contributed by atoms with van der Waals surface area (Å²) in [6.07, 6.45) is 6.78. The number of ether oxygens (including phenoxy) is 1. The number of rotatable bonds is 4. The predicted molar refractivity (Wildman–Crippen MR) is 108 cm³/mol. The number of likely N-dealkylation sites (tertiary alicyclic amines) is 1. The second-order valence-corrected chi connectivity index (χ2v) is 6.94. The summed E-state index contributed by atoms with van der Waals surface area (Å²) in [5.74, 6) is 0.643. The SMILES string of the molecule is COc1cccc(-c2ccc(C(=O)N3CCCC[C@H]3c3cccnc3)cc2)n1. The van der Waals surface area contributed by atoms with E-state index in [2.05, 4.69) is 16.0 Å². The molecular formula is C23H23N3O2. The van der Waals surface area contributed by atoms with Crippen molar-refractivity contribution in [3.63, 3.8) is 0 Å². The van der Waals surface area contributed by atoms with Gasteiger partial charge < -0.3 is 9.64 Å². The lowest BCUT2D eigenvalue weighted by molar-refractivity contribution is 0.0611. The predicted octanol–water partition coefficient (Wildman–Crippen LogP) is 4.52. The normalized spacial score (nSPS) is 16.6. The fourth-order valence-electron chi connectivity index (χ4n) is 3.73. The van der Waals surface area contributed by atoms with E-state index in [0.29, 0.717) is 11.4 Å². The molecule has 1 fully saturated rings. The van der Waals surface area contributed by atoms with Crippen molar-refractivity contribution < 1.29 is 9.53 Å². The second kappa shape index (κ2) is 8.21. The average molecular weight is 373 g/mol. The quantitative estimate of drug-likeness (QED) is 0.675. The monoisotopic (exact) mass is 373 g/mol. The minimum Gasteiger partial charge on any atom is -0.481 e. The van der Waals surface area contributed by atoms with Crippen LogP contribution in [0.15, 0.2) is 67.0 Å². The van der Waals surface area contributed by atoms with E-state index in [1.165, 1.54) is 0 Å². The van der Waals surface area contributed by atoms with E-state index in [1.807, 2.05) is 59.6 Å². The number of hydrogen-bond acceptors (Lipinski definition) is 4. The Morgan fingerprint density at radius 2 is 1.93 bits per heavy atom. The highest BCUT2D eigenvalue weighted by Gasteiger charge is 2.28. The molecule has 0 N–H and O–H groups in total. The standard InChI is InChI=1S/C23H23N3O2/c1-28-22-9-4-7-20(25-22)17-10-12-18(13-11-17)23(27)26-15-3-2-8-21(26)19-6-5-14-24-16-19/h4-7,9-14,16,21H,2-3,8,15H2,1H3/t21-/m0/s1. The van der Waals surface area contributed by atoms with Crippen molar-refractivity contribution in [1.29, 1.82) is 0 Å². The number of hydrogen-bond donors (Lipinski definition) is 0. The number of benzene rings is 1. The summed E-state index contributed by atoms with van der Waals surface area (Å²) >= 11 is 0. The average Bonchev–Trinajstić information content (AvgIpc) is 2.79. The maximum Gasteiger partial charge on any atom is 0.254 e. The number of nitrogens with zero attached hydrogens (tertiary/aromatic N) is 3. The lowest BCUT2D eigenvalue weighted by Crippen LogP contribution is -2.38. The Bertz CT molecular complexity index is 942. The first-order valence-corrected chi connectivity index (χ1v) is 9.58. The van der Waals surface area contributed by atoms with Gasteiger partial charge in [-0.05, 0) is 49.1 Å². The van der Waals surface area contributed by atoms with E-state index in [9.17, 15) is 4.79 Å². The van der Waals surface area contributed by atoms with Gasteiger partial charge in [-0.1, -0.05) is 24.3 Å². The Balaban J connectivity index is 1.57. The summed E-state index contributed by atoms with van der Waals surface area (Å²) in [5, 5.41) is 0. The Hall–Kier alpha value is -3.21. The van der Waals surface area contributed by atoms with Crippen molar-refractivity contribution in [3.05, 3.63) is 78.1 Å². The van der Waals surface area contributed by atoms with Gasteiger partial charge in [0.25, 0.3) is 5.91 Å². The molecule has 5 heteroatoms. The molecule has 0 aliphatic carbocycles. The molecule has 1 aromatic carbocycles. The van der Waals surface area contributed by atoms with Crippen LogP contribution in [0.3, 0.4) is 0 Å². The highest BCUT2D eigenvalue weighted by molar-refractivity contribution is 5.95. The molecule has 0 bridgehead atoms. The lowest BCUT2D eigenvalue weighted by atomic mass is 9.95. The van der Waals surface area contributed by atoms with Crippen molar-refractivity contribution in [3.8, 4) is 17.1 Å². The molecule has 0 radical (unpaired) electrons. The number of carbonyl (C=O) groups is 1. The number of methoxy groups -OCH3 is 1. The Morgan fingerprint density at radius 3 is 2.68 bits per heavy atom. The first kappa shape index (κ1) is 18.2. The van der Waals surface area contributed by atoms with Crippen LogP contribution in [-0.2, 0) is 0 Å². The molecule has 2 aromatic heterocycles. The van der Waals surface area contributed by atoms with Gasteiger partial charge in [-0.25, -0.2) is 4.98 Å². The number of amides is 1. The van der Waals surface area contributed by atoms with Gasteiger partial charge in [0, 0.05) is 36.1 Å². The molecule has 1 aliphatic rings. The van der Waals surface area contributed by atoms with Crippen molar-refractivity contribution in [2.75, 3.05) is 13.7 Å². The molecule has 28 heavy (non-hydrogen) atoms. The maximum absolute atomic E-state index is 13.2. The number of pyridine rings is 2. The summed E-state index contributed by atoms with van der Waals surface area (Å²) < 4.78 is 5.19. The zero-order chi connectivity index (χ0) is 19.3. The van der Waals surface area contributed by atoms with Crippen LogP contribution < -0.4 is 4.74 Å². The fourth-order valence-corrected chi connectivity index (χ4v) is 3.73. The third-order valence-corrected chi connectivity index (χ3v) is 5.19.